The molecule has 1 aromatic carbocycles. The van der Waals surface area contributed by atoms with Crippen LogP contribution in [0.5, 0.6) is 0 Å². The van der Waals surface area contributed by atoms with Crippen LogP contribution in [0.2, 0.25) is 0 Å². The first-order chi connectivity index (χ1) is 9.86. The highest BCUT2D eigenvalue weighted by molar-refractivity contribution is 5.96. The van der Waals surface area contributed by atoms with Gasteiger partial charge in [0.05, 0.1) is 16.0 Å². The van der Waals surface area contributed by atoms with Crippen LogP contribution >= 0.6 is 0 Å². The van der Waals surface area contributed by atoms with Crippen molar-refractivity contribution in [3.05, 3.63) is 33.9 Å². The van der Waals surface area contributed by atoms with Gasteiger partial charge in [0.25, 0.3) is 5.69 Å². The lowest BCUT2D eigenvalue weighted by Gasteiger charge is -2.31. The lowest BCUT2D eigenvalue weighted by atomic mass is 9.75. The molecule has 114 valence electrons. The summed E-state index contributed by atoms with van der Waals surface area (Å²) in [7, 11) is 0. The van der Waals surface area contributed by atoms with Crippen molar-refractivity contribution in [1.82, 2.24) is 5.32 Å². The number of carbonyl (C=O) groups excluding carboxylic acids is 1. The van der Waals surface area contributed by atoms with Crippen molar-refractivity contribution < 1.29 is 9.72 Å². The third-order valence-corrected chi connectivity index (χ3v) is 4.43. The Kier molecular flexibility index (Phi) is 4.27. The van der Waals surface area contributed by atoms with E-state index < -0.39 is 10.3 Å². The molecule has 1 heterocycles. The summed E-state index contributed by atoms with van der Waals surface area (Å²) in [6.07, 6.45) is 0.782. The van der Waals surface area contributed by atoms with Crippen molar-refractivity contribution in [2.24, 2.45) is 11.3 Å². The predicted octanol–water partition coefficient (Wildman–Crippen LogP) is 2.48. The van der Waals surface area contributed by atoms with E-state index >= 15 is 0 Å². The second kappa shape index (κ2) is 5.81. The van der Waals surface area contributed by atoms with Gasteiger partial charge in [0.2, 0.25) is 5.91 Å². The highest BCUT2D eigenvalue weighted by Gasteiger charge is 2.44. The monoisotopic (exact) mass is 291 g/mol. The molecule has 21 heavy (non-hydrogen) atoms. The second-order valence-electron chi connectivity index (χ2n) is 5.95. The molecule has 1 unspecified atom stereocenters. The van der Waals surface area contributed by atoms with Crippen molar-refractivity contribution in [2.75, 3.05) is 18.4 Å². The van der Waals surface area contributed by atoms with E-state index in [1.165, 1.54) is 12.1 Å². The van der Waals surface area contributed by atoms with Crippen LogP contribution in [0.1, 0.15) is 25.8 Å². The first-order valence-electron chi connectivity index (χ1n) is 7.14. The lowest BCUT2D eigenvalue weighted by Crippen LogP contribution is -2.42. The zero-order valence-corrected chi connectivity index (χ0v) is 12.6. The van der Waals surface area contributed by atoms with E-state index in [2.05, 4.69) is 10.6 Å². The van der Waals surface area contributed by atoms with Crippen molar-refractivity contribution in [2.45, 2.75) is 27.2 Å². The number of nitro groups is 1. The van der Waals surface area contributed by atoms with Crippen molar-refractivity contribution in [3.63, 3.8) is 0 Å². The fourth-order valence-corrected chi connectivity index (χ4v) is 2.77. The SMILES string of the molecule is Cc1ccc([N+](=O)[O-])cc1NC(=O)C1(C(C)C)CCNC1. The van der Waals surface area contributed by atoms with E-state index in [4.69, 9.17) is 0 Å². The Balaban J connectivity index is 2.26. The minimum Gasteiger partial charge on any atom is -0.325 e. The Bertz CT molecular complexity index is 563. The fraction of sp³-hybridized carbons (Fsp3) is 0.533. The normalized spacial score (nSPS) is 21.5. The summed E-state index contributed by atoms with van der Waals surface area (Å²) in [5.74, 6) is 0.137. The molecule has 0 aromatic heterocycles. The summed E-state index contributed by atoms with van der Waals surface area (Å²) in [6, 6.07) is 4.52. The van der Waals surface area contributed by atoms with Gasteiger partial charge in [-0.2, -0.15) is 0 Å². The number of amides is 1. The van der Waals surface area contributed by atoms with Crippen molar-refractivity contribution >= 4 is 17.3 Å². The van der Waals surface area contributed by atoms with Gasteiger partial charge >= 0.3 is 0 Å². The minimum absolute atomic E-state index is 0.0148. The first kappa shape index (κ1) is 15.4. The summed E-state index contributed by atoms with van der Waals surface area (Å²) < 4.78 is 0. The molecule has 1 amide bonds. The molecule has 2 rings (SSSR count). The Morgan fingerprint density at radius 1 is 1.48 bits per heavy atom. The van der Waals surface area contributed by atoms with E-state index in [0.29, 0.717) is 12.2 Å². The smallest absolute Gasteiger partial charge is 0.271 e. The average Bonchev–Trinajstić information content (AvgIpc) is 2.91. The number of nitro benzene ring substituents is 1. The van der Waals surface area contributed by atoms with Gasteiger partial charge in [0.15, 0.2) is 0 Å². The molecule has 1 aliphatic rings. The number of rotatable bonds is 4. The molecule has 0 spiro atoms. The molecule has 0 radical (unpaired) electrons. The van der Waals surface area contributed by atoms with E-state index in [-0.39, 0.29) is 17.5 Å². The summed E-state index contributed by atoms with van der Waals surface area (Å²) in [6.45, 7) is 7.36. The van der Waals surface area contributed by atoms with Crippen molar-refractivity contribution in [3.8, 4) is 0 Å². The highest BCUT2D eigenvalue weighted by Crippen LogP contribution is 2.36. The van der Waals surface area contributed by atoms with Gasteiger partial charge in [-0.25, -0.2) is 0 Å². The third-order valence-electron chi connectivity index (χ3n) is 4.43. The van der Waals surface area contributed by atoms with Gasteiger partial charge in [0.1, 0.15) is 0 Å². The number of nitrogens with one attached hydrogen (secondary N) is 2. The van der Waals surface area contributed by atoms with E-state index in [9.17, 15) is 14.9 Å². The van der Waals surface area contributed by atoms with Crippen molar-refractivity contribution in [1.29, 1.82) is 0 Å². The van der Waals surface area contributed by atoms with Crippen LogP contribution in [0, 0.1) is 28.4 Å². The van der Waals surface area contributed by atoms with Crippen LogP contribution < -0.4 is 10.6 Å². The summed E-state index contributed by atoms with van der Waals surface area (Å²) >= 11 is 0. The quantitative estimate of drug-likeness (QED) is 0.659. The number of benzene rings is 1. The zero-order chi connectivity index (χ0) is 15.6. The van der Waals surface area contributed by atoms with Gasteiger partial charge in [-0.1, -0.05) is 19.9 Å². The van der Waals surface area contributed by atoms with E-state index in [1.807, 2.05) is 20.8 Å². The molecule has 0 aliphatic carbocycles. The average molecular weight is 291 g/mol. The maximum Gasteiger partial charge on any atom is 0.271 e. The topological polar surface area (TPSA) is 84.3 Å². The molecule has 1 fully saturated rings. The molecule has 1 aliphatic heterocycles. The fourth-order valence-electron chi connectivity index (χ4n) is 2.77. The van der Waals surface area contributed by atoms with Crippen LogP contribution in [0.15, 0.2) is 18.2 Å². The maximum absolute atomic E-state index is 12.7. The molecular weight excluding hydrogens is 270 g/mol. The lowest BCUT2D eigenvalue weighted by molar-refractivity contribution is -0.384. The van der Waals surface area contributed by atoms with E-state index in [0.717, 1.165) is 18.5 Å². The van der Waals surface area contributed by atoms with E-state index in [1.54, 1.807) is 6.07 Å². The molecule has 0 bridgehead atoms. The second-order valence-corrected chi connectivity index (χ2v) is 5.95. The molecule has 0 saturated carbocycles. The molecular formula is C15H21N3O3. The molecule has 1 atom stereocenters. The predicted molar refractivity (Wildman–Crippen MR) is 81.2 cm³/mol. The number of anilines is 1. The third kappa shape index (κ3) is 2.90. The summed E-state index contributed by atoms with van der Waals surface area (Å²) in [5.41, 5.74) is 0.871. The number of non-ortho nitro benzene ring substituents is 1. The van der Waals surface area contributed by atoms with Crippen LogP contribution in [-0.2, 0) is 4.79 Å². The highest BCUT2D eigenvalue weighted by atomic mass is 16.6. The van der Waals surface area contributed by atoms with Crippen LogP contribution in [0.3, 0.4) is 0 Å². The number of carbonyl (C=O) groups is 1. The standard InChI is InChI=1S/C15H21N3O3/c1-10(2)15(6-7-16-9-15)14(19)17-13-8-12(18(20)21)5-4-11(13)3/h4-5,8,10,16H,6-7,9H2,1-3H3,(H,17,19). The van der Waals surface area contributed by atoms with Crippen LogP contribution in [0.4, 0.5) is 11.4 Å². The molecule has 2 N–H and O–H groups in total. The van der Waals surface area contributed by atoms with Crippen LogP contribution in [-0.4, -0.2) is 23.9 Å². The number of aryl methyl sites for hydroxylation is 1. The van der Waals surface area contributed by atoms with Gasteiger partial charge in [0, 0.05) is 18.7 Å². The number of hydrogen-bond acceptors (Lipinski definition) is 4. The minimum atomic E-state index is -0.454. The van der Waals surface area contributed by atoms with Gasteiger partial charge < -0.3 is 10.6 Å². The van der Waals surface area contributed by atoms with Gasteiger partial charge in [-0.3, -0.25) is 14.9 Å². The molecule has 1 aromatic rings. The molecule has 6 heteroatoms. The molecule has 6 nitrogen and oxygen atoms in total. The maximum atomic E-state index is 12.7. The summed E-state index contributed by atoms with van der Waals surface area (Å²) in [4.78, 5) is 23.1. The Labute approximate surface area is 124 Å². The Morgan fingerprint density at radius 2 is 2.19 bits per heavy atom. The summed E-state index contributed by atoms with van der Waals surface area (Å²) in [5, 5.41) is 17.0. The van der Waals surface area contributed by atoms with Gasteiger partial charge in [-0.15, -0.1) is 0 Å². The van der Waals surface area contributed by atoms with Gasteiger partial charge in [-0.05, 0) is 31.4 Å². The van der Waals surface area contributed by atoms with Crippen LogP contribution in [0.25, 0.3) is 0 Å². The Morgan fingerprint density at radius 3 is 2.71 bits per heavy atom. The number of nitrogens with zero attached hydrogens (tertiary/aromatic N) is 1. The zero-order valence-electron chi connectivity index (χ0n) is 12.6. The number of hydrogen-bond donors (Lipinski definition) is 2. The largest absolute Gasteiger partial charge is 0.325 e. The first-order valence-corrected chi connectivity index (χ1v) is 7.14. The molecule has 1 saturated heterocycles. The Hall–Kier alpha value is -1.95.